The molecule has 0 spiro atoms. The van der Waals surface area contributed by atoms with Crippen molar-refractivity contribution in [3.05, 3.63) is 53.1 Å². The molecule has 0 fully saturated rings. The highest BCUT2D eigenvalue weighted by atomic mass is 32.2. The lowest BCUT2D eigenvalue weighted by Gasteiger charge is -2.34. The SMILES string of the molecule is Cc1ccccc1S(=O)(=O)N1CCc2cc3c(cc2C1C)OCO3. The summed E-state index contributed by atoms with van der Waals surface area (Å²) < 4.78 is 38.7. The van der Waals surface area contributed by atoms with Crippen molar-refractivity contribution in [2.45, 2.75) is 31.2 Å². The first-order chi connectivity index (χ1) is 11.5. The van der Waals surface area contributed by atoms with Gasteiger partial charge < -0.3 is 9.47 Å². The van der Waals surface area contributed by atoms with Gasteiger partial charge in [0.15, 0.2) is 11.5 Å². The van der Waals surface area contributed by atoms with Crippen LogP contribution in [0.15, 0.2) is 41.3 Å². The first-order valence-corrected chi connectivity index (χ1v) is 9.42. The van der Waals surface area contributed by atoms with E-state index in [1.807, 2.05) is 38.1 Å². The second-order valence-electron chi connectivity index (χ2n) is 6.21. The summed E-state index contributed by atoms with van der Waals surface area (Å²) in [6.07, 6.45) is 0.668. The Labute approximate surface area is 141 Å². The predicted molar refractivity (Wildman–Crippen MR) is 89.8 cm³/mol. The van der Waals surface area contributed by atoms with Crippen LogP contribution in [-0.4, -0.2) is 26.1 Å². The molecular formula is C18H19NO4S. The van der Waals surface area contributed by atoms with Crippen LogP contribution in [0.2, 0.25) is 0 Å². The van der Waals surface area contributed by atoms with Crippen molar-refractivity contribution in [2.24, 2.45) is 0 Å². The van der Waals surface area contributed by atoms with E-state index in [4.69, 9.17) is 9.47 Å². The Kier molecular flexibility index (Phi) is 3.54. The molecule has 0 saturated carbocycles. The summed E-state index contributed by atoms with van der Waals surface area (Å²) in [4.78, 5) is 0.376. The van der Waals surface area contributed by atoms with Crippen LogP contribution in [0.5, 0.6) is 11.5 Å². The number of aryl methyl sites for hydroxylation is 1. The van der Waals surface area contributed by atoms with Crippen molar-refractivity contribution in [3.8, 4) is 11.5 Å². The van der Waals surface area contributed by atoms with Gasteiger partial charge in [-0.3, -0.25) is 0 Å². The van der Waals surface area contributed by atoms with Gasteiger partial charge in [-0.25, -0.2) is 8.42 Å². The van der Waals surface area contributed by atoms with Crippen molar-refractivity contribution in [1.29, 1.82) is 0 Å². The first kappa shape index (κ1) is 15.5. The Morgan fingerprint density at radius 3 is 2.58 bits per heavy atom. The van der Waals surface area contributed by atoms with Gasteiger partial charge in [0.2, 0.25) is 16.8 Å². The van der Waals surface area contributed by atoms with Crippen LogP contribution in [0.4, 0.5) is 0 Å². The van der Waals surface area contributed by atoms with Gasteiger partial charge in [-0.2, -0.15) is 4.31 Å². The smallest absolute Gasteiger partial charge is 0.243 e. The molecule has 0 amide bonds. The predicted octanol–water partition coefficient (Wildman–Crippen LogP) is 3.03. The maximum absolute atomic E-state index is 13.1. The Hall–Kier alpha value is -2.05. The van der Waals surface area contributed by atoms with Crippen molar-refractivity contribution < 1.29 is 17.9 Å². The average Bonchev–Trinajstić information content (AvgIpc) is 3.01. The highest BCUT2D eigenvalue weighted by molar-refractivity contribution is 7.89. The molecule has 0 aromatic heterocycles. The summed E-state index contributed by atoms with van der Waals surface area (Å²) >= 11 is 0. The Bertz CT molecular complexity index is 907. The van der Waals surface area contributed by atoms with E-state index in [9.17, 15) is 8.42 Å². The number of nitrogens with zero attached hydrogens (tertiary/aromatic N) is 1. The fourth-order valence-electron chi connectivity index (χ4n) is 3.49. The summed E-state index contributed by atoms with van der Waals surface area (Å²) in [6, 6.07) is 10.8. The quantitative estimate of drug-likeness (QED) is 0.839. The van der Waals surface area contributed by atoms with E-state index in [1.54, 1.807) is 16.4 Å². The largest absolute Gasteiger partial charge is 0.454 e. The molecule has 0 radical (unpaired) electrons. The molecule has 2 aromatic rings. The number of hydrogen-bond donors (Lipinski definition) is 0. The van der Waals surface area contributed by atoms with Crippen LogP contribution in [0, 0.1) is 6.92 Å². The molecule has 2 aliphatic rings. The summed E-state index contributed by atoms with van der Waals surface area (Å²) in [6.45, 7) is 4.44. The van der Waals surface area contributed by atoms with E-state index in [0.29, 0.717) is 23.6 Å². The zero-order chi connectivity index (χ0) is 16.9. The van der Waals surface area contributed by atoms with Crippen LogP contribution in [-0.2, 0) is 16.4 Å². The van der Waals surface area contributed by atoms with Gasteiger partial charge in [-0.1, -0.05) is 18.2 Å². The highest BCUT2D eigenvalue weighted by Gasteiger charge is 2.35. The number of rotatable bonds is 2. The Morgan fingerprint density at radius 2 is 1.83 bits per heavy atom. The fourth-order valence-corrected chi connectivity index (χ4v) is 5.32. The molecule has 126 valence electrons. The molecule has 24 heavy (non-hydrogen) atoms. The lowest BCUT2D eigenvalue weighted by atomic mass is 9.94. The van der Waals surface area contributed by atoms with Crippen LogP contribution in [0.25, 0.3) is 0 Å². The van der Waals surface area contributed by atoms with Gasteiger partial charge in [0.1, 0.15) is 0 Å². The number of sulfonamides is 1. The van der Waals surface area contributed by atoms with Gasteiger partial charge in [-0.05, 0) is 55.2 Å². The monoisotopic (exact) mass is 345 g/mol. The molecule has 2 heterocycles. The van der Waals surface area contributed by atoms with Crippen LogP contribution >= 0.6 is 0 Å². The summed E-state index contributed by atoms with van der Waals surface area (Å²) in [5.74, 6) is 1.44. The number of fused-ring (bicyclic) bond motifs is 2. The third kappa shape index (κ3) is 2.29. The van der Waals surface area contributed by atoms with Crippen LogP contribution < -0.4 is 9.47 Å². The van der Waals surface area contributed by atoms with Crippen molar-refractivity contribution in [3.63, 3.8) is 0 Å². The Balaban J connectivity index is 1.75. The first-order valence-electron chi connectivity index (χ1n) is 7.98. The van der Waals surface area contributed by atoms with E-state index in [0.717, 1.165) is 22.4 Å². The number of ether oxygens (including phenoxy) is 2. The fraction of sp³-hybridized carbons (Fsp3) is 0.333. The van der Waals surface area contributed by atoms with Gasteiger partial charge >= 0.3 is 0 Å². The van der Waals surface area contributed by atoms with Crippen LogP contribution in [0.1, 0.15) is 29.7 Å². The minimum atomic E-state index is -3.54. The zero-order valence-corrected chi connectivity index (χ0v) is 14.5. The van der Waals surface area contributed by atoms with Crippen molar-refractivity contribution in [2.75, 3.05) is 13.3 Å². The van der Waals surface area contributed by atoms with Gasteiger partial charge in [0, 0.05) is 12.6 Å². The highest BCUT2D eigenvalue weighted by Crippen LogP contribution is 2.41. The van der Waals surface area contributed by atoms with Crippen molar-refractivity contribution in [1.82, 2.24) is 4.31 Å². The molecule has 1 atom stereocenters. The lowest BCUT2D eigenvalue weighted by Crippen LogP contribution is -2.39. The van der Waals surface area contributed by atoms with Gasteiger partial charge in [0.05, 0.1) is 4.90 Å². The molecule has 5 nitrogen and oxygen atoms in total. The van der Waals surface area contributed by atoms with E-state index in [-0.39, 0.29) is 12.8 Å². The van der Waals surface area contributed by atoms with E-state index < -0.39 is 10.0 Å². The number of benzene rings is 2. The van der Waals surface area contributed by atoms with Gasteiger partial charge in [0.25, 0.3) is 0 Å². The molecule has 4 rings (SSSR count). The molecule has 0 saturated heterocycles. The second kappa shape index (κ2) is 5.50. The summed E-state index contributed by atoms with van der Waals surface area (Å²) in [5, 5.41) is 0. The molecule has 2 aromatic carbocycles. The molecule has 2 aliphatic heterocycles. The zero-order valence-electron chi connectivity index (χ0n) is 13.7. The molecule has 6 heteroatoms. The van der Waals surface area contributed by atoms with Gasteiger partial charge in [-0.15, -0.1) is 0 Å². The minimum Gasteiger partial charge on any atom is -0.454 e. The summed E-state index contributed by atoms with van der Waals surface area (Å²) in [5.41, 5.74) is 2.88. The maximum Gasteiger partial charge on any atom is 0.243 e. The number of hydrogen-bond acceptors (Lipinski definition) is 4. The average molecular weight is 345 g/mol. The second-order valence-corrected chi connectivity index (χ2v) is 8.07. The minimum absolute atomic E-state index is 0.220. The summed E-state index contributed by atoms with van der Waals surface area (Å²) in [7, 11) is -3.54. The van der Waals surface area contributed by atoms with E-state index in [1.165, 1.54) is 0 Å². The van der Waals surface area contributed by atoms with Crippen LogP contribution in [0.3, 0.4) is 0 Å². The topological polar surface area (TPSA) is 55.8 Å². The molecule has 0 N–H and O–H groups in total. The maximum atomic E-state index is 13.1. The third-order valence-corrected chi connectivity index (χ3v) is 6.93. The normalized spacial score (nSPS) is 20.0. The Morgan fingerprint density at radius 1 is 1.12 bits per heavy atom. The van der Waals surface area contributed by atoms with E-state index in [2.05, 4.69) is 0 Å². The lowest BCUT2D eigenvalue weighted by molar-refractivity contribution is 0.174. The van der Waals surface area contributed by atoms with Crippen molar-refractivity contribution >= 4 is 10.0 Å². The standard InChI is InChI=1S/C18H19NO4S/c1-12-5-3-4-6-18(12)24(20,21)19-8-7-14-9-16-17(23-11-22-16)10-15(14)13(19)2/h3-6,9-10,13H,7-8,11H2,1-2H3. The third-order valence-electron chi connectivity index (χ3n) is 4.80. The molecule has 0 bridgehead atoms. The van der Waals surface area contributed by atoms with E-state index >= 15 is 0 Å². The molecule has 1 unspecified atom stereocenters. The molecular weight excluding hydrogens is 326 g/mol. The molecule has 0 aliphatic carbocycles.